The van der Waals surface area contributed by atoms with Crippen LogP contribution in [-0.2, 0) is 18.4 Å². The fraction of sp³-hybridized carbons (Fsp3) is 0.296. The fourth-order valence-corrected chi connectivity index (χ4v) is 5.96. The highest BCUT2D eigenvalue weighted by Crippen LogP contribution is 2.46. The second-order valence-corrected chi connectivity index (χ2v) is 10.2. The van der Waals surface area contributed by atoms with Crippen LogP contribution in [0.25, 0.3) is 5.65 Å². The van der Waals surface area contributed by atoms with E-state index in [0.717, 1.165) is 42.4 Å². The van der Waals surface area contributed by atoms with Crippen LogP contribution in [-0.4, -0.2) is 38.5 Å². The average Bonchev–Trinajstić information content (AvgIpc) is 3.44. The molecule has 3 heterocycles. The summed E-state index contributed by atoms with van der Waals surface area (Å²) in [4.78, 5) is 20.3. The lowest BCUT2D eigenvalue weighted by Crippen LogP contribution is -2.44. The van der Waals surface area contributed by atoms with Crippen LogP contribution >= 0.6 is 15.9 Å². The lowest BCUT2D eigenvalue weighted by Gasteiger charge is -2.40. The average molecular weight is 516 g/mol. The molecule has 0 radical (unpaired) electrons. The van der Waals surface area contributed by atoms with Gasteiger partial charge in [0.2, 0.25) is 0 Å². The van der Waals surface area contributed by atoms with Gasteiger partial charge in [-0.05, 0) is 63.7 Å². The predicted molar refractivity (Wildman–Crippen MR) is 136 cm³/mol. The summed E-state index contributed by atoms with van der Waals surface area (Å²) in [5.74, 6) is 0.689. The van der Waals surface area contributed by atoms with Crippen LogP contribution in [0.3, 0.4) is 0 Å². The van der Waals surface area contributed by atoms with Gasteiger partial charge in [0.05, 0.1) is 10.7 Å². The largest absolute Gasteiger partial charge is 0.365 e. The molecule has 2 aromatic heterocycles. The number of likely N-dealkylation sites (tertiary alicyclic amines) is 1. The molecule has 4 aromatic rings. The summed E-state index contributed by atoms with van der Waals surface area (Å²) in [6.07, 6.45) is 7.75. The van der Waals surface area contributed by atoms with Crippen LogP contribution in [0.15, 0.2) is 71.5 Å². The molecule has 1 aliphatic carbocycles. The van der Waals surface area contributed by atoms with Gasteiger partial charge in [-0.25, -0.2) is 4.98 Å². The van der Waals surface area contributed by atoms with Crippen molar-refractivity contribution in [2.45, 2.75) is 37.6 Å². The van der Waals surface area contributed by atoms with Crippen LogP contribution in [0, 0.1) is 0 Å². The Morgan fingerprint density at radius 3 is 2.59 bits per heavy atom. The molecule has 7 heteroatoms. The number of nitrogens with zero attached hydrogens (tertiary/aromatic N) is 4. The van der Waals surface area contributed by atoms with E-state index in [4.69, 9.17) is 0 Å². The third-order valence-corrected chi connectivity index (χ3v) is 8.05. The van der Waals surface area contributed by atoms with E-state index in [1.807, 2.05) is 23.1 Å². The molecule has 6 nitrogen and oxygen atoms in total. The number of piperidine rings is 1. The van der Waals surface area contributed by atoms with Crippen molar-refractivity contribution in [1.29, 1.82) is 0 Å². The van der Waals surface area contributed by atoms with Crippen molar-refractivity contribution in [1.82, 2.24) is 19.5 Å². The summed E-state index contributed by atoms with van der Waals surface area (Å²) in [6.45, 7) is 2.11. The third kappa shape index (κ3) is 3.59. The molecule has 0 saturated carbocycles. The molecule has 0 atom stereocenters. The van der Waals surface area contributed by atoms with Crippen molar-refractivity contribution in [2.24, 2.45) is 0 Å². The first kappa shape index (κ1) is 21.4. The first-order chi connectivity index (χ1) is 16.6. The number of anilines is 1. The second-order valence-electron chi connectivity index (χ2n) is 9.32. The van der Waals surface area contributed by atoms with Gasteiger partial charge in [0.25, 0.3) is 5.91 Å². The maximum Gasteiger partial charge on any atom is 0.259 e. The smallest absolute Gasteiger partial charge is 0.259 e. The minimum Gasteiger partial charge on any atom is -0.365 e. The van der Waals surface area contributed by atoms with Gasteiger partial charge in [-0.3, -0.25) is 4.79 Å². The highest BCUT2D eigenvalue weighted by molar-refractivity contribution is 9.10. The summed E-state index contributed by atoms with van der Waals surface area (Å²) in [6, 6.07) is 19.0. The number of nitrogens with one attached hydrogen (secondary N) is 1. The predicted octanol–water partition coefficient (Wildman–Crippen LogP) is 5.22. The van der Waals surface area contributed by atoms with Gasteiger partial charge >= 0.3 is 0 Å². The van der Waals surface area contributed by atoms with E-state index in [9.17, 15) is 4.79 Å². The molecule has 1 N–H and O–H groups in total. The first-order valence-corrected chi connectivity index (χ1v) is 12.6. The molecule has 1 spiro atoms. The minimum absolute atomic E-state index is 0.0118. The first-order valence-electron chi connectivity index (χ1n) is 11.8. The standard InChI is InChI=1S/C27H26BrN5O/c28-23-18-31-33-24(29-16-19-6-2-1-3-7-19)21(17-30-25(23)33)26(34)32-14-12-27(13-15-32)11-10-20-8-4-5-9-22(20)27/h1-9,17-18,29H,10-16H2. The van der Waals surface area contributed by atoms with Crippen LogP contribution in [0.2, 0.25) is 0 Å². The van der Waals surface area contributed by atoms with Crippen LogP contribution in [0.1, 0.15) is 46.3 Å². The van der Waals surface area contributed by atoms with Crippen LogP contribution in [0.5, 0.6) is 0 Å². The van der Waals surface area contributed by atoms with Crippen molar-refractivity contribution in [3.8, 4) is 0 Å². The molecule has 1 amide bonds. The van der Waals surface area contributed by atoms with Crippen molar-refractivity contribution in [3.63, 3.8) is 0 Å². The van der Waals surface area contributed by atoms with Gasteiger partial charge in [-0.1, -0.05) is 54.6 Å². The van der Waals surface area contributed by atoms with E-state index in [1.54, 1.807) is 16.9 Å². The lowest BCUT2D eigenvalue weighted by molar-refractivity contribution is 0.0666. The van der Waals surface area contributed by atoms with Gasteiger partial charge < -0.3 is 10.2 Å². The molecule has 6 rings (SSSR count). The Bertz CT molecular complexity index is 1360. The molecular formula is C27H26BrN5O. The van der Waals surface area contributed by atoms with Gasteiger partial charge in [0.1, 0.15) is 11.4 Å². The topological polar surface area (TPSA) is 62.5 Å². The van der Waals surface area contributed by atoms with Gasteiger partial charge in [-0.2, -0.15) is 9.61 Å². The fourth-order valence-electron chi connectivity index (χ4n) is 5.60. The number of fused-ring (bicyclic) bond motifs is 3. The molecule has 1 saturated heterocycles. The lowest BCUT2D eigenvalue weighted by atomic mass is 9.74. The number of halogens is 1. The van der Waals surface area contributed by atoms with Gasteiger partial charge in [0.15, 0.2) is 5.65 Å². The Labute approximate surface area is 207 Å². The molecule has 2 aliphatic rings. The maximum absolute atomic E-state index is 13.7. The zero-order chi connectivity index (χ0) is 23.1. The highest BCUT2D eigenvalue weighted by atomic mass is 79.9. The highest BCUT2D eigenvalue weighted by Gasteiger charge is 2.42. The Hall–Kier alpha value is -3.19. The Morgan fingerprint density at radius 1 is 1.00 bits per heavy atom. The van der Waals surface area contributed by atoms with E-state index in [-0.39, 0.29) is 11.3 Å². The number of hydrogen-bond acceptors (Lipinski definition) is 4. The van der Waals surface area contributed by atoms with Crippen molar-refractivity contribution >= 4 is 33.3 Å². The number of amides is 1. The second kappa shape index (κ2) is 8.55. The monoisotopic (exact) mass is 515 g/mol. The van der Waals surface area contributed by atoms with Crippen LogP contribution < -0.4 is 5.32 Å². The van der Waals surface area contributed by atoms with Gasteiger partial charge in [0, 0.05) is 25.8 Å². The molecule has 0 bridgehead atoms. The normalized spacial score (nSPS) is 16.7. The summed E-state index contributed by atoms with van der Waals surface area (Å²) in [5, 5.41) is 7.94. The zero-order valence-corrected chi connectivity index (χ0v) is 20.5. The molecule has 34 heavy (non-hydrogen) atoms. The quantitative estimate of drug-likeness (QED) is 0.404. The Morgan fingerprint density at radius 2 is 1.76 bits per heavy atom. The van der Waals surface area contributed by atoms with E-state index < -0.39 is 0 Å². The van der Waals surface area contributed by atoms with E-state index in [2.05, 4.69) is 67.7 Å². The number of benzene rings is 2. The van der Waals surface area contributed by atoms with E-state index in [1.165, 1.54) is 17.5 Å². The Kier molecular flexibility index (Phi) is 5.37. The van der Waals surface area contributed by atoms with Crippen LogP contribution in [0.4, 0.5) is 5.82 Å². The molecule has 1 aliphatic heterocycles. The molecular weight excluding hydrogens is 490 g/mol. The zero-order valence-electron chi connectivity index (χ0n) is 18.9. The SMILES string of the molecule is O=C(c1cnc2c(Br)cnn2c1NCc1ccccc1)N1CCC2(CCc3ccccc32)CC1. The summed E-state index contributed by atoms with van der Waals surface area (Å²) in [5.41, 5.74) is 5.58. The van der Waals surface area contributed by atoms with Crippen molar-refractivity contribution in [2.75, 3.05) is 18.4 Å². The van der Waals surface area contributed by atoms with E-state index >= 15 is 0 Å². The molecule has 1 fully saturated rings. The van der Waals surface area contributed by atoms with Crippen molar-refractivity contribution in [3.05, 3.63) is 93.7 Å². The number of rotatable bonds is 4. The Balaban J connectivity index is 1.27. The maximum atomic E-state index is 13.7. The third-order valence-electron chi connectivity index (χ3n) is 7.49. The summed E-state index contributed by atoms with van der Waals surface area (Å²) < 4.78 is 2.52. The number of aryl methyl sites for hydroxylation is 1. The minimum atomic E-state index is 0.0118. The number of carbonyl (C=O) groups is 1. The summed E-state index contributed by atoms with van der Waals surface area (Å²) in [7, 11) is 0. The number of hydrogen-bond donors (Lipinski definition) is 1. The molecule has 0 unspecified atom stereocenters. The van der Waals surface area contributed by atoms with Crippen molar-refractivity contribution < 1.29 is 4.79 Å². The molecule has 172 valence electrons. The number of aromatic nitrogens is 3. The number of carbonyl (C=O) groups excluding carboxylic acids is 1. The van der Waals surface area contributed by atoms with E-state index in [0.29, 0.717) is 23.6 Å². The summed E-state index contributed by atoms with van der Waals surface area (Å²) >= 11 is 3.51. The van der Waals surface area contributed by atoms with Gasteiger partial charge in [-0.15, -0.1) is 0 Å². The molecule has 2 aromatic carbocycles.